The second-order valence-corrected chi connectivity index (χ2v) is 8.39. The highest BCUT2D eigenvalue weighted by Gasteiger charge is 2.18. The molecule has 180 valence electrons. The summed E-state index contributed by atoms with van der Waals surface area (Å²) >= 11 is 3.67. The molecule has 0 fully saturated rings. The predicted molar refractivity (Wildman–Crippen MR) is 139 cm³/mol. The normalized spacial score (nSPS) is 11.1. The zero-order chi connectivity index (χ0) is 24.7. The number of halogens is 1. The molecule has 0 aromatic heterocycles. The first kappa shape index (κ1) is 25.3. The smallest absolute Gasteiger partial charge is 0.203 e. The van der Waals surface area contributed by atoms with Gasteiger partial charge in [-0.2, -0.15) is 0 Å². The molecule has 0 heterocycles. The molecule has 0 aliphatic carbocycles. The van der Waals surface area contributed by atoms with Crippen LogP contribution in [-0.4, -0.2) is 47.5 Å². The second-order valence-electron chi connectivity index (χ2n) is 7.54. The van der Waals surface area contributed by atoms with Crippen LogP contribution in [0, 0.1) is 0 Å². The Labute approximate surface area is 209 Å². The van der Waals surface area contributed by atoms with Gasteiger partial charge in [0.2, 0.25) is 5.75 Å². The van der Waals surface area contributed by atoms with E-state index >= 15 is 0 Å². The van der Waals surface area contributed by atoms with Crippen molar-refractivity contribution in [2.75, 3.05) is 42.6 Å². The van der Waals surface area contributed by atoms with Crippen LogP contribution in [0.4, 0.5) is 0 Å². The van der Waals surface area contributed by atoms with E-state index < -0.39 is 0 Å². The minimum absolute atomic E-state index is 0.552. The Morgan fingerprint density at radius 1 is 0.765 bits per heavy atom. The van der Waals surface area contributed by atoms with Crippen molar-refractivity contribution >= 4 is 27.7 Å². The molecule has 0 unspecified atom stereocenters. The van der Waals surface area contributed by atoms with Crippen LogP contribution in [0.25, 0.3) is 11.8 Å². The number of hydrogen-bond acceptors (Lipinski definition) is 6. The van der Waals surface area contributed by atoms with Gasteiger partial charge in [-0.3, -0.25) is 0 Å². The third kappa shape index (κ3) is 5.78. The highest BCUT2D eigenvalue weighted by Crippen LogP contribution is 2.41. The lowest BCUT2D eigenvalue weighted by Gasteiger charge is -2.25. The van der Waals surface area contributed by atoms with Gasteiger partial charge < -0.3 is 28.6 Å². The summed E-state index contributed by atoms with van der Waals surface area (Å²) < 4.78 is 28.3. The molecule has 0 amide bonds. The zero-order valence-corrected chi connectivity index (χ0v) is 21.9. The van der Waals surface area contributed by atoms with Gasteiger partial charge in [0, 0.05) is 29.3 Å². The van der Waals surface area contributed by atoms with E-state index in [-0.39, 0.29) is 0 Å². The maximum Gasteiger partial charge on any atom is 0.203 e. The summed E-state index contributed by atoms with van der Waals surface area (Å²) in [6.07, 6.45) is 2.12. The van der Waals surface area contributed by atoms with E-state index in [1.807, 2.05) is 42.5 Å². The first-order chi connectivity index (χ1) is 16.4. The Kier molecular flexibility index (Phi) is 8.71. The number of methoxy groups -OCH3 is 5. The van der Waals surface area contributed by atoms with Crippen LogP contribution in [-0.2, 0) is 6.54 Å². The minimum atomic E-state index is 0.552. The molecule has 3 aromatic carbocycles. The molecule has 0 N–H and O–H groups in total. The molecule has 6 nitrogen and oxygen atoms in total. The van der Waals surface area contributed by atoms with Crippen molar-refractivity contribution in [2.45, 2.75) is 6.54 Å². The first-order valence-electron chi connectivity index (χ1n) is 10.6. The van der Waals surface area contributed by atoms with E-state index in [1.165, 1.54) is 0 Å². The average Bonchev–Trinajstić information content (AvgIpc) is 2.87. The molecule has 3 rings (SSSR count). The van der Waals surface area contributed by atoms with Gasteiger partial charge in [0.25, 0.3) is 0 Å². The predicted octanol–water partition coefficient (Wildman–Crippen LogP) is 6.12. The van der Waals surface area contributed by atoms with E-state index in [9.17, 15) is 0 Å². The van der Waals surface area contributed by atoms with Crippen molar-refractivity contribution in [1.82, 2.24) is 4.90 Å². The molecule has 0 aliphatic rings. The van der Waals surface area contributed by atoms with Crippen molar-refractivity contribution in [2.24, 2.45) is 0 Å². The van der Waals surface area contributed by atoms with Crippen molar-refractivity contribution in [3.05, 3.63) is 75.8 Å². The Morgan fingerprint density at radius 3 is 1.85 bits per heavy atom. The standard InChI is InChI=1S/C27H30BrNO5/c1-29(17-18-7-10-21(30-2)11-8-18)24(13-19-9-12-22(31-3)16-23(19)28)20-14-25(32-4)27(34-6)26(15-20)33-5/h7-16H,17H2,1-6H3/b24-13+. The van der Waals surface area contributed by atoms with Crippen LogP contribution in [0.2, 0.25) is 0 Å². The number of ether oxygens (including phenoxy) is 5. The molecule has 0 aliphatic heterocycles. The van der Waals surface area contributed by atoms with Crippen molar-refractivity contribution in [3.63, 3.8) is 0 Å². The molecular formula is C27H30BrNO5. The van der Waals surface area contributed by atoms with Crippen molar-refractivity contribution in [3.8, 4) is 28.7 Å². The molecule has 7 heteroatoms. The fourth-order valence-electron chi connectivity index (χ4n) is 3.63. The van der Waals surface area contributed by atoms with Crippen molar-refractivity contribution < 1.29 is 23.7 Å². The lowest BCUT2D eigenvalue weighted by atomic mass is 10.0. The zero-order valence-electron chi connectivity index (χ0n) is 20.3. The summed E-state index contributed by atoms with van der Waals surface area (Å²) in [7, 11) is 10.2. The molecular weight excluding hydrogens is 498 g/mol. The summed E-state index contributed by atoms with van der Waals surface area (Å²) in [4.78, 5) is 2.18. The van der Waals surface area contributed by atoms with Gasteiger partial charge in [-0.1, -0.05) is 34.1 Å². The van der Waals surface area contributed by atoms with Gasteiger partial charge in [-0.25, -0.2) is 0 Å². The molecule has 34 heavy (non-hydrogen) atoms. The van der Waals surface area contributed by atoms with Crippen LogP contribution in [0.1, 0.15) is 16.7 Å². The average molecular weight is 528 g/mol. The minimum Gasteiger partial charge on any atom is -0.497 e. The topological polar surface area (TPSA) is 49.4 Å². The fourth-order valence-corrected chi connectivity index (χ4v) is 4.10. The van der Waals surface area contributed by atoms with Gasteiger partial charge in [0.1, 0.15) is 11.5 Å². The van der Waals surface area contributed by atoms with Crippen LogP contribution in [0.5, 0.6) is 28.7 Å². The Bertz CT molecular complexity index is 1120. The summed E-state index contributed by atoms with van der Waals surface area (Å²) in [5.74, 6) is 3.35. The Balaban J connectivity index is 2.11. The molecule has 0 radical (unpaired) electrons. The van der Waals surface area contributed by atoms with E-state index in [0.29, 0.717) is 23.8 Å². The molecule has 0 atom stereocenters. The number of rotatable bonds is 10. The summed E-state index contributed by atoms with van der Waals surface area (Å²) in [6, 6.07) is 17.9. The van der Waals surface area contributed by atoms with Gasteiger partial charge in [0.05, 0.1) is 35.5 Å². The highest BCUT2D eigenvalue weighted by molar-refractivity contribution is 9.10. The van der Waals surface area contributed by atoms with Crippen LogP contribution >= 0.6 is 15.9 Å². The van der Waals surface area contributed by atoms with E-state index in [1.54, 1.807) is 35.5 Å². The quantitative estimate of drug-likeness (QED) is 0.296. The van der Waals surface area contributed by atoms with E-state index in [2.05, 4.69) is 46.1 Å². The van der Waals surface area contributed by atoms with Gasteiger partial charge in [-0.05, 0) is 53.6 Å². The molecule has 0 bridgehead atoms. The number of hydrogen-bond donors (Lipinski definition) is 0. The first-order valence-corrected chi connectivity index (χ1v) is 11.4. The molecule has 3 aromatic rings. The van der Waals surface area contributed by atoms with Gasteiger partial charge >= 0.3 is 0 Å². The number of nitrogens with zero attached hydrogens (tertiary/aromatic N) is 1. The third-order valence-corrected chi connectivity index (χ3v) is 6.14. The Morgan fingerprint density at radius 2 is 1.35 bits per heavy atom. The lowest BCUT2D eigenvalue weighted by molar-refractivity contribution is 0.324. The maximum absolute atomic E-state index is 5.61. The fraction of sp³-hybridized carbons (Fsp3) is 0.259. The largest absolute Gasteiger partial charge is 0.497 e. The molecule has 0 spiro atoms. The SMILES string of the molecule is COc1ccc(CN(C)/C(=C/c2ccc(OC)cc2Br)c2cc(OC)c(OC)c(OC)c2)cc1. The van der Waals surface area contributed by atoms with Crippen LogP contribution in [0.3, 0.4) is 0 Å². The molecule has 0 saturated heterocycles. The van der Waals surface area contributed by atoms with E-state index in [4.69, 9.17) is 23.7 Å². The van der Waals surface area contributed by atoms with Gasteiger partial charge in [0.15, 0.2) is 11.5 Å². The lowest BCUT2D eigenvalue weighted by Crippen LogP contribution is -2.16. The summed E-state index contributed by atoms with van der Waals surface area (Å²) in [5, 5.41) is 0. The van der Waals surface area contributed by atoms with Crippen LogP contribution in [0.15, 0.2) is 59.1 Å². The van der Waals surface area contributed by atoms with Crippen LogP contribution < -0.4 is 23.7 Å². The summed E-state index contributed by atoms with van der Waals surface area (Å²) in [6.45, 7) is 0.681. The maximum atomic E-state index is 5.61. The number of benzene rings is 3. The van der Waals surface area contributed by atoms with Crippen molar-refractivity contribution in [1.29, 1.82) is 0 Å². The summed E-state index contributed by atoms with van der Waals surface area (Å²) in [5.41, 5.74) is 4.05. The van der Waals surface area contributed by atoms with E-state index in [0.717, 1.165) is 38.4 Å². The second kappa shape index (κ2) is 11.7. The monoisotopic (exact) mass is 527 g/mol. The highest BCUT2D eigenvalue weighted by atomic mass is 79.9. The Hall–Kier alpha value is -3.32. The molecule has 0 saturated carbocycles. The van der Waals surface area contributed by atoms with Gasteiger partial charge in [-0.15, -0.1) is 0 Å². The third-order valence-electron chi connectivity index (χ3n) is 5.45.